The molecule has 29 heavy (non-hydrogen) atoms. The number of hydrogen-bond acceptors (Lipinski definition) is 8. The molecule has 2 aliphatic heterocycles. The van der Waals surface area contributed by atoms with Crippen molar-refractivity contribution in [3.05, 3.63) is 40.3 Å². The molecule has 2 aromatic rings. The molecule has 0 fully saturated rings. The fourth-order valence-electron chi connectivity index (χ4n) is 3.17. The van der Waals surface area contributed by atoms with E-state index in [1.54, 1.807) is 6.92 Å². The summed E-state index contributed by atoms with van der Waals surface area (Å²) < 4.78 is 10.3. The number of anilines is 2. The largest absolute Gasteiger partial charge is 0.450 e. The van der Waals surface area contributed by atoms with Crippen LogP contribution >= 0.6 is 23.1 Å². The lowest BCUT2D eigenvalue weighted by Gasteiger charge is -2.14. The van der Waals surface area contributed by atoms with E-state index in [-0.39, 0.29) is 12.5 Å². The number of nitrogens with one attached hydrogen (secondary N) is 3. The highest BCUT2D eigenvalue weighted by molar-refractivity contribution is 8.01. The maximum absolute atomic E-state index is 12.9. The minimum atomic E-state index is -0.815. The first-order chi connectivity index (χ1) is 14.1. The summed E-state index contributed by atoms with van der Waals surface area (Å²) in [5.41, 5.74) is 2.00. The SMILES string of the molecule is CCOC(=O)NC(=O)c1c(NC(=O)C2Nc3ccccc3S2)sc2c1CCOC2. The van der Waals surface area contributed by atoms with E-state index in [4.69, 9.17) is 9.47 Å². The summed E-state index contributed by atoms with van der Waals surface area (Å²) in [6.45, 7) is 2.66. The number of rotatable bonds is 4. The third-order valence-corrected chi connectivity index (χ3v) is 6.73. The molecule has 1 aromatic heterocycles. The van der Waals surface area contributed by atoms with Gasteiger partial charge in [0.15, 0.2) is 5.37 Å². The molecule has 4 rings (SSSR count). The van der Waals surface area contributed by atoms with Crippen molar-refractivity contribution in [2.24, 2.45) is 0 Å². The monoisotopic (exact) mass is 433 g/mol. The number of ether oxygens (including phenoxy) is 2. The molecule has 8 nitrogen and oxygen atoms in total. The summed E-state index contributed by atoms with van der Waals surface area (Å²) in [4.78, 5) is 39.2. The van der Waals surface area contributed by atoms with Crippen molar-refractivity contribution < 1.29 is 23.9 Å². The van der Waals surface area contributed by atoms with E-state index in [1.165, 1.54) is 23.1 Å². The predicted octanol–water partition coefficient (Wildman–Crippen LogP) is 3.19. The molecule has 2 aliphatic rings. The summed E-state index contributed by atoms with van der Waals surface area (Å²) in [7, 11) is 0. The Morgan fingerprint density at radius 1 is 1.31 bits per heavy atom. The van der Waals surface area contributed by atoms with E-state index in [0.29, 0.717) is 30.2 Å². The van der Waals surface area contributed by atoms with Crippen molar-refractivity contribution in [2.75, 3.05) is 23.8 Å². The zero-order chi connectivity index (χ0) is 20.4. The van der Waals surface area contributed by atoms with Crippen LogP contribution in [0.1, 0.15) is 27.7 Å². The number of alkyl carbamates (subject to hydrolysis) is 1. The van der Waals surface area contributed by atoms with Crippen LogP contribution in [0.25, 0.3) is 0 Å². The molecular weight excluding hydrogens is 414 g/mol. The number of amides is 3. The zero-order valence-electron chi connectivity index (χ0n) is 15.6. The fraction of sp³-hybridized carbons (Fsp3) is 0.316. The van der Waals surface area contributed by atoms with Gasteiger partial charge in [-0.3, -0.25) is 14.9 Å². The molecule has 3 N–H and O–H groups in total. The standard InChI is InChI=1S/C19H19N3O5S2/c1-2-27-19(25)22-15(23)14-10-7-8-26-9-13(10)29-17(14)21-16(24)18-20-11-5-3-4-6-12(11)28-18/h3-6,18,20H,2,7-9H2,1H3,(H,21,24)(H,22,23,25). The van der Waals surface area contributed by atoms with Crippen LogP contribution in [0, 0.1) is 0 Å². The maximum atomic E-state index is 12.9. The average molecular weight is 434 g/mol. The van der Waals surface area contributed by atoms with E-state index in [0.717, 1.165) is 21.0 Å². The number of carbonyl (C=O) groups is 3. The predicted molar refractivity (Wildman–Crippen MR) is 111 cm³/mol. The first-order valence-electron chi connectivity index (χ1n) is 9.10. The van der Waals surface area contributed by atoms with Crippen molar-refractivity contribution in [2.45, 2.75) is 30.2 Å². The van der Waals surface area contributed by atoms with Crippen molar-refractivity contribution in [1.82, 2.24) is 5.32 Å². The van der Waals surface area contributed by atoms with Gasteiger partial charge < -0.3 is 20.1 Å². The molecular formula is C19H19N3O5S2. The number of para-hydroxylation sites is 1. The summed E-state index contributed by atoms with van der Waals surface area (Å²) in [5, 5.41) is 8.15. The van der Waals surface area contributed by atoms with Gasteiger partial charge in [0, 0.05) is 15.5 Å². The van der Waals surface area contributed by atoms with Crippen LogP contribution in [-0.2, 0) is 27.3 Å². The first kappa shape index (κ1) is 19.7. The Morgan fingerprint density at radius 2 is 2.14 bits per heavy atom. The Hall–Kier alpha value is -2.56. The zero-order valence-corrected chi connectivity index (χ0v) is 17.2. The Bertz CT molecular complexity index is 950. The van der Waals surface area contributed by atoms with E-state index < -0.39 is 17.4 Å². The van der Waals surface area contributed by atoms with Crippen molar-refractivity contribution in [1.29, 1.82) is 0 Å². The van der Waals surface area contributed by atoms with Gasteiger partial charge in [-0.1, -0.05) is 23.9 Å². The fourth-order valence-corrected chi connectivity index (χ4v) is 5.37. The number of imide groups is 1. The Balaban J connectivity index is 1.55. The molecule has 3 amide bonds. The van der Waals surface area contributed by atoms with Gasteiger partial charge in [0.25, 0.3) is 11.8 Å². The highest BCUT2D eigenvalue weighted by Crippen LogP contribution is 2.40. The van der Waals surface area contributed by atoms with Crippen molar-refractivity contribution >= 4 is 51.7 Å². The van der Waals surface area contributed by atoms with Crippen LogP contribution in [0.15, 0.2) is 29.2 Å². The second kappa shape index (κ2) is 8.44. The number of fused-ring (bicyclic) bond motifs is 2. The quantitative estimate of drug-likeness (QED) is 0.680. The topological polar surface area (TPSA) is 106 Å². The summed E-state index contributed by atoms with van der Waals surface area (Å²) >= 11 is 2.71. The van der Waals surface area contributed by atoms with E-state index in [1.807, 2.05) is 24.3 Å². The third-order valence-electron chi connectivity index (χ3n) is 4.43. The lowest BCUT2D eigenvalue weighted by molar-refractivity contribution is -0.115. The molecule has 0 bridgehead atoms. The van der Waals surface area contributed by atoms with Gasteiger partial charge in [-0.25, -0.2) is 4.79 Å². The third kappa shape index (κ3) is 4.09. The number of benzene rings is 1. The van der Waals surface area contributed by atoms with Crippen LogP contribution in [0.3, 0.4) is 0 Å². The molecule has 152 valence electrons. The second-order valence-corrected chi connectivity index (χ2v) is 8.56. The van der Waals surface area contributed by atoms with Gasteiger partial charge in [0.2, 0.25) is 0 Å². The van der Waals surface area contributed by atoms with Crippen LogP contribution in [0.4, 0.5) is 15.5 Å². The lowest BCUT2D eigenvalue weighted by atomic mass is 10.1. The second-order valence-electron chi connectivity index (χ2n) is 6.31. The number of hydrogen-bond donors (Lipinski definition) is 3. The average Bonchev–Trinajstić information content (AvgIpc) is 3.29. The number of carbonyl (C=O) groups excluding carboxylic acids is 3. The molecule has 3 heterocycles. The summed E-state index contributed by atoms with van der Waals surface area (Å²) in [6, 6.07) is 7.67. The van der Waals surface area contributed by atoms with Crippen LogP contribution in [-0.4, -0.2) is 36.5 Å². The van der Waals surface area contributed by atoms with Crippen LogP contribution in [0.2, 0.25) is 0 Å². The molecule has 0 aliphatic carbocycles. The number of thioether (sulfide) groups is 1. The van der Waals surface area contributed by atoms with Gasteiger partial charge >= 0.3 is 6.09 Å². The molecule has 0 spiro atoms. The first-order valence-corrected chi connectivity index (χ1v) is 10.8. The van der Waals surface area contributed by atoms with Gasteiger partial charge in [0.1, 0.15) is 5.00 Å². The van der Waals surface area contributed by atoms with Crippen molar-refractivity contribution in [3.8, 4) is 0 Å². The van der Waals surface area contributed by atoms with Crippen LogP contribution in [0.5, 0.6) is 0 Å². The molecule has 1 atom stereocenters. The van der Waals surface area contributed by atoms with Gasteiger partial charge in [0.05, 0.1) is 25.4 Å². The molecule has 0 saturated carbocycles. The Labute approximate surface area is 175 Å². The molecule has 0 radical (unpaired) electrons. The van der Waals surface area contributed by atoms with E-state index >= 15 is 0 Å². The summed E-state index contributed by atoms with van der Waals surface area (Å²) in [6.07, 6.45) is -0.278. The molecule has 1 aromatic carbocycles. The minimum Gasteiger partial charge on any atom is -0.450 e. The smallest absolute Gasteiger partial charge is 0.414 e. The maximum Gasteiger partial charge on any atom is 0.414 e. The van der Waals surface area contributed by atoms with Gasteiger partial charge in [-0.15, -0.1) is 11.3 Å². The van der Waals surface area contributed by atoms with Crippen LogP contribution < -0.4 is 16.0 Å². The molecule has 10 heteroatoms. The van der Waals surface area contributed by atoms with E-state index in [2.05, 4.69) is 16.0 Å². The molecule has 0 saturated heterocycles. The van der Waals surface area contributed by atoms with Gasteiger partial charge in [-0.2, -0.15) is 0 Å². The normalized spacial score (nSPS) is 16.9. The Kier molecular flexibility index (Phi) is 5.74. The number of thiophene rings is 1. The highest BCUT2D eigenvalue weighted by Gasteiger charge is 2.31. The summed E-state index contributed by atoms with van der Waals surface area (Å²) in [5.74, 6) is -0.857. The van der Waals surface area contributed by atoms with Gasteiger partial charge in [-0.05, 0) is 31.0 Å². The van der Waals surface area contributed by atoms with E-state index in [9.17, 15) is 14.4 Å². The minimum absolute atomic E-state index is 0.156. The Morgan fingerprint density at radius 3 is 2.93 bits per heavy atom. The van der Waals surface area contributed by atoms with Crippen molar-refractivity contribution in [3.63, 3.8) is 0 Å². The lowest BCUT2D eigenvalue weighted by Crippen LogP contribution is -2.33. The highest BCUT2D eigenvalue weighted by atomic mass is 32.2. The molecule has 1 unspecified atom stereocenters.